The molecule has 0 spiro atoms. The number of imidazole rings is 1. The van der Waals surface area contributed by atoms with Crippen molar-refractivity contribution < 1.29 is 5.11 Å². The van der Waals surface area contributed by atoms with Gasteiger partial charge in [-0.15, -0.1) is 0 Å². The minimum atomic E-state index is 0.177. The maximum atomic E-state index is 9.11. The lowest BCUT2D eigenvalue weighted by atomic mass is 10.4. The number of aromatic nitrogens is 2. The summed E-state index contributed by atoms with van der Waals surface area (Å²) in [5.41, 5.74) is 1.67. The molecule has 0 unspecified atom stereocenters. The van der Waals surface area contributed by atoms with Crippen molar-refractivity contribution in [3.63, 3.8) is 0 Å². The maximum absolute atomic E-state index is 9.11. The Hall–Kier alpha value is -0.810. The Balaban J connectivity index is 1.86. The molecule has 0 radical (unpaired) electrons. The molecule has 0 bridgehead atoms. The largest absolute Gasteiger partial charge is 0.395 e. The van der Waals surface area contributed by atoms with E-state index >= 15 is 0 Å². The molecule has 1 N–H and O–H groups in total. The molecule has 0 amide bonds. The minimum Gasteiger partial charge on any atom is -0.395 e. The van der Waals surface area contributed by atoms with Crippen LogP contribution in [0.25, 0.3) is 5.65 Å². The van der Waals surface area contributed by atoms with Crippen LogP contribution in [0.1, 0.15) is 18.5 Å². The molecular weight excluding hydrogens is 285 g/mol. The molecule has 0 atom stereocenters. The molecule has 2 aromatic rings. The van der Waals surface area contributed by atoms with Gasteiger partial charge in [-0.3, -0.25) is 4.90 Å². The van der Waals surface area contributed by atoms with Gasteiger partial charge in [0.15, 0.2) is 5.65 Å². The molecule has 19 heavy (non-hydrogen) atoms. The molecule has 0 aliphatic heterocycles. The standard InChI is InChI=1S/C13H15Cl2N3O/c14-9-5-12(15)13-16-10(8-18(13)6-9)7-17(3-4-19)11-1-2-11/h5-6,8,11,19H,1-4,7H2. The van der Waals surface area contributed by atoms with Crippen LogP contribution in [0.3, 0.4) is 0 Å². The smallest absolute Gasteiger partial charge is 0.156 e. The summed E-state index contributed by atoms with van der Waals surface area (Å²) in [5.74, 6) is 0. The molecule has 3 rings (SSSR count). The van der Waals surface area contributed by atoms with E-state index in [9.17, 15) is 0 Å². The number of hydrogen-bond donors (Lipinski definition) is 1. The fourth-order valence-corrected chi connectivity index (χ4v) is 2.85. The monoisotopic (exact) mass is 299 g/mol. The van der Waals surface area contributed by atoms with Gasteiger partial charge >= 0.3 is 0 Å². The first kappa shape index (κ1) is 13.2. The number of pyridine rings is 1. The van der Waals surface area contributed by atoms with Gasteiger partial charge in [-0.2, -0.15) is 0 Å². The Morgan fingerprint density at radius 1 is 1.37 bits per heavy atom. The van der Waals surface area contributed by atoms with Gasteiger partial charge in [-0.25, -0.2) is 4.98 Å². The van der Waals surface area contributed by atoms with E-state index in [0.717, 1.165) is 17.9 Å². The zero-order valence-electron chi connectivity index (χ0n) is 10.4. The predicted octanol–water partition coefficient (Wildman–Crippen LogP) is 2.60. The van der Waals surface area contributed by atoms with Gasteiger partial charge in [-0.05, 0) is 18.9 Å². The normalized spacial score (nSPS) is 15.6. The van der Waals surface area contributed by atoms with Gasteiger partial charge < -0.3 is 9.51 Å². The van der Waals surface area contributed by atoms with Crippen LogP contribution in [-0.4, -0.2) is 38.6 Å². The summed E-state index contributed by atoms with van der Waals surface area (Å²) in [6.45, 7) is 1.60. The van der Waals surface area contributed by atoms with E-state index in [1.165, 1.54) is 12.8 Å². The Kier molecular flexibility index (Phi) is 3.67. The van der Waals surface area contributed by atoms with Gasteiger partial charge in [0.2, 0.25) is 0 Å². The van der Waals surface area contributed by atoms with E-state index in [-0.39, 0.29) is 6.61 Å². The predicted molar refractivity (Wildman–Crippen MR) is 75.7 cm³/mol. The molecule has 1 fully saturated rings. The van der Waals surface area contributed by atoms with E-state index in [1.54, 1.807) is 12.3 Å². The summed E-state index contributed by atoms with van der Waals surface area (Å²) < 4.78 is 1.85. The lowest BCUT2D eigenvalue weighted by Gasteiger charge is -2.19. The second-order valence-electron chi connectivity index (χ2n) is 4.89. The lowest BCUT2D eigenvalue weighted by Crippen LogP contribution is -2.28. The van der Waals surface area contributed by atoms with Crippen LogP contribution in [0.15, 0.2) is 18.5 Å². The van der Waals surface area contributed by atoms with Crippen molar-refractivity contribution in [1.29, 1.82) is 0 Å². The highest BCUT2D eigenvalue weighted by atomic mass is 35.5. The molecule has 0 aromatic carbocycles. The van der Waals surface area contributed by atoms with Crippen LogP contribution in [0, 0.1) is 0 Å². The van der Waals surface area contributed by atoms with Crippen LogP contribution < -0.4 is 0 Å². The highest BCUT2D eigenvalue weighted by Crippen LogP contribution is 2.28. The average Bonchev–Trinajstić information content (AvgIpc) is 3.11. The Bertz CT molecular complexity index is 595. The third-order valence-electron chi connectivity index (χ3n) is 3.34. The van der Waals surface area contributed by atoms with Gasteiger partial charge in [0.1, 0.15) is 0 Å². The molecule has 6 heteroatoms. The summed E-state index contributed by atoms with van der Waals surface area (Å²) in [5, 5.41) is 10.3. The van der Waals surface area contributed by atoms with E-state index in [0.29, 0.717) is 22.6 Å². The number of aliphatic hydroxyl groups excluding tert-OH is 1. The van der Waals surface area contributed by atoms with Crippen LogP contribution in [0.5, 0.6) is 0 Å². The molecule has 1 aliphatic carbocycles. The van der Waals surface area contributed by atoms with Crippen molar-refractivity contribution in [1.82, 2.24) is 14.3 Å². The highest BCUT2D eigenvalue weighted by molar-refractivity contribution is 6.36. The third kappa shape index (κ3) is 2.87. The first-order valence-corrected chi connectivity index (χ1v) is 7.10. The first-order valence-electron chi connectivity index (χ1n) is 6.35. The quantitative estimate of drug-likeness (QED) is 0.923. The van der Waals surface area contributed by atoms with E-state index in [4.69, 9.17) is 28.3 Å². The molecule has 4 nitrogen and oxygen atoms in total. The topological polar surface area (TPSA) is 40.8 Å². The number of rotatable bonds is 5. The van der Waals surface area contributed by atoms with Crippen LogP contribution >= 0.6 is 23.2 Å². The van der Waals surface area contributed by atoms with Crippen molar-refractivity contribution in [2.75, 3.05) is 13.2 Å². The lowest BCUT2D eigenvalue weighted by molar-refractivity contribution is 0.182. The number of nitrogens with zero attached hydrogens (tertiary/aromatic N) is 3. The van der Waals surface area contributed by atoms with E-state index in [1.807, 2.05) is 10.6 Å². The van der Waals surface area contributed by atoms with Gasteiger partial charge in [0.05, 0.1) is 22.3 Å². The maximum Gasteiger partial charge on any atom is 0.156 e. The summed E-state index contributed by atoms with van der Waals surface area (Å²) >= 11 is 12.1. The van der Waals surface area contributed by atoms with Crippen LogP contribution in [0.2, 0.25) is 10.0 Å². The van der Waals surface area contributed by atoms with Crippen molar-refractivity contribution in [3.05, 3.63) is 34.2 Å². The average molecular weight is 300 g/mol. The fraction of sp³-hybridized carbons (Fsp3) is 0.462. The molecule has 2 heterocycles. The third-order valence-corrected chi connectivity index (χ3v) is 3.82. The summed E-state index contributed by atoms with van der Waals surface area (Å²) in [6, 6.07) is 2.29. The Morgan fingerprint density at radius 2 is 2.16 bits per heavy atom. The molecule has 1 saturated carbocycles. The van der Waals surface area contributed by atoms with Crippen molar-refractivity contribution >= 4 is 28.8 Å². The van der Waals surface area contributed by atoms with Gasteiger partial charge in [0.25, 0.3) is 0 Å². The zero-order chi connectivity index (χ0) is 13.4. The molecule has 2 aromatic heterocycles. The molecule has 1 aliphatic rings. The zero-order valence-corrected chi connectivity index (χ0v) is 11.9. The summed E-state index contributed by atoms with van der Waals surface area (Å²) in [6.07, 6.45) is 6.16. The fourth-order valence-electron chi connectivity index (χ4n) is 2.32. The summed E-state index contributed by atoms with van der Waals surface area (Å²) in [7, 11) is 0. The minimum absolute atomic E-state index is 0.177. The number of fused-ring (bicyclic) bond motifs is 1. The second-order valence-corrected chi connectivity index (χ2v) is 5.74. The van der Waals surface area contributed by atoms with E-state index in [2.05, 4.69) is 9.88 Å². The number of halogens is 2. The van der Waals surface area contributed by atoms with Crippen molar-refractivity contribution in [2.45, 2.75) is 25.4 Å². The molecular formula is C13H15Cl2N3O. The van der Waals surface area contributed by atoms with Crippen molar-refractivity contribution in [2.24, 2.45) is 0 Å². The number of aliphatic hydroxyl groups is 1. The number of hydrogen-bond acceptors (Lipinski definition) is 3. The van der Waals surface area contributed by atoms with Gasteiger partial charge in [-0.1, -0.05) is 23.2 Å². The first-order chi connectivity index (χ1) is 9.17. The molecule has 0 saturated heterocycles. The van der Waals surface area contributed by atoms with E-state index < -0.39 is 0 Å². The van der Waals surface area contributed by atoms with Crippen LogP contribution in [0.4, 0.5) is 0 Å². The second kappa shape index (κ2) is 5.29. The van der Waals surface area contributed by atoms with Crippen molar-refractivity contribution in [3.8, 4) is 0 Å². The highest BCUT2D eigenvalue weighted by Gasteiger charge is 2.29. The van der Waals surface area contributed by atoms with Crippen LogP contribution in [-0.2, 0) is 6.54 Å². The Morgan fingerprint density at radius 3 is 2.84 bits per heavy atom. The van der Waals surface area contributed by atoms with Gasteiger partial charge in [0, 0.05) is 31.5 Å². The molecule has 102 valence electrons. The summed E-state index contributed by atoms with van der Waals surface area (Å²) in [4.78, 5) is 6.80. The Labute approximate surface area is 121 Å². The SMILES string of the molecule is OCCN(Cc1cn2cc(Cl)cc(Cl)c2n1)C1CC1.